The van der Waals surface area contributed by atoms with Crippen molar-refractivity contribution in [2.45, 2.75) is 76.9 Å². The fourth-order valence-corrected chi connectivity index (χ4v) is 6.47. The van der Waals surface area contributed by atoms with E-state index < -0.39 is 5.60 Å². The van der Waals surface area contributed by atoms with Crippen LogP contribution in [0.25, 0.3) is 0 Å². The molecule has 0 radical (unpaired) electrons. The highest BCUT2D eigenvalue weighted by Gasteiger charge is 2.65. The van der Waals surface area contributed by atoms with E-state index in [-0.39, 0.29) is 28.6 Å². The van der Waals surface area contributed by atoms with Gasteiger partial charge in [0.1, 0.15) is 0 Å². The Kier molecular flexibility index (Phi) is 3.01. The van der Waals surface area contributed by atoms with Crippen LogP contribution in [-0.4, -0.2) is 27.7 Å². The molecule has 0 amide bonds. The second kappa shape index (κ2) is 4.45. The summed E-state index contributed by atoms with van der Waals surface area (Å²) in [5.74, 6) is 0.933. The normalized spacial score (nSPS) is 54.3. The molecule has 0 spiro atoms. The molecule has 6 atom stereocenters. The molecule has 0 unspecified atom stereocenters. The van der Waals surface area contributed by atoms with Gasteiger partial charge in [-0.05, 0) is 68.3 Å². The predicted octanol–water partition coefficient (Wildman–Crippen LogP) is 2.99. The molecule has 0 aromatic rings. The maximum absolute atomic E-state index is 11.8. The van der Waals surface area contributed by atoms with E-state index in [1.54, 1.807) is 0 Å². The first-order valence-corrected chi connectivity index (χ1v) is 8.96. The van der Waals surface area contributed by atoms with Crippen molar-refractivity contribution in [3.63, 3.8) is 0 Å². The predicted molar refractivity (Wildman–Crippen MR) is 84.2 cm³/mol. The molecule has 4 rings (SSSR count). The summed E-state index contributed by atoms with van der Waals surface area (Å²) in [6.45, 7) is 4.42. The van der Waals surface area contributed by atoms with Crippen molar-refractivity contribution >= 4 is 5.78 Å². The minimum Gasteiger partial charge on any atom is -0.393 e. The Morgan fingerprint density at radius 2 is 1.82 bits per heavy atom. The standard InChI is InChI=1S/C19H28O3/c1-17-9-10-19(22)15(14(17)5-6-16(17)21)4-3-12-11-13(20)7-8-18(12,19)2/h11,14-16,21-22H,3-10H2,1-2H3/t14-,15-,16+,17-,18-,19+/m0/s1. The Bertz CT molecular complexity index is 553. The minimum absolute atomic E-state index is 0.0149. The lowest BCUT2D eigenvalue weighted by Crippen LogP contribution is -2.63. The number of carbonyl (C=O) groups excluding carboxylic acids is 1. The highest BCUT2D eigenvalue weighted by Crippen LogP contribution is 2.66. The van der Waals surface area contributed by atoms with Gasteiger partial charge in [0.25, 0.3) is 0 Å². The van der Waals surface area contributed by atoms with Gasteiger partial charge in [-0.1, -0.05) is 19.4 Å². The van der Waals surface area contributed by atoms with Crippen molar-refractivity contribution in [3.05, 3.63) is 11.6 Å². The SMILES string of the molecule is C[C@]12CC[C@@]3(O)[C@@H](CCC4=CC(=O)CC[C@@]43C)[C@@H]1CC[C@H]2O. The van der Waals surface area contributed by atoms with Gasteiger partial charge >= 0.3 is 0 Å². The van der Waals surface area contributed by atoms with E-state index in [4.69, 9.17) is 0 Å². The molecule has 3 fully saturated rings. The highest BCUT2D eigenvalue weighted by molar-refractivity contribution is 5.91. The van der Waals surface area contributed by atoms with E-state index in [9.17, 15) is 15.0 Å². The molecule has 3 nitrogen and oxygen atoms in total. The zero-order valence-corrected chi connectivity index (χ0v) is 13.8. The molecule has 0 aliphatic heterocycles. The minimum atomic E-state index is -0.688. The van der Waals surface area contributed by atoms with Crippen LogP contribution in [0.2, 0.25) is 0 Å². The van der Waals surface area contributed by atoms with Crippen LogP contribution < -0.4 is 0 Å². The van der Waals surface area contributed by atoms with Crippen molar-refractivity contribution in [2.75, 3.05) is 0 Å². The summed E-state index contributed by atoms with van der Waals surface area (Å²) < 4.78 is 0. The van der Waals surface area contributed by atoms with E-state index in [2.05, 4.69) is 13.8 Å². The zero-order valence-electron chi connectivity index (χ0n) is 13.8. The van der Waals surface area contributed by atoms with Crippen molar-refractivity contribution < 1.29 is 15.0 Å². The lowest BCUT2D eigenvalue weighted by Gasteiger charge is -2.62. The molecule has 0 bridgehead atoms. The number of rotatable bonds is 0. The van der Waals surface area contributed by atoms with Gasteiger partial charge in [-0.15, -0.1) is 0 Å². The number of carbonyl (C=O) groups is 1. The molecule has 0 aromatic heterocycles. The maximum atomic E-state index is 11.8. The van der Waals surface area contributed by atoms with Gasteiger partial charge in [0.2, 0.25) is 0 Å². The van der Waals surface area contributed by atoms with Gasteiger partial charge < -0.3 is 10.2 Å². The molecule has 4 aliphatic carbocycles. The molecule has 2 N–H and O–H groups in total. The van der Waals surface area contributed by atoms with Crippen LogP contribution in [0.15, 0.2) is 11.6 Å². The second-order valence-electron chi connectivity index (χ2n) is 8.74. The number of aliphatic hydroxyl groups excluding tert-OH is 1. The largest absolute Gasteiger partial charge is 0.393 e. The van der Waals surface area contributed by atoms with Crippen LogP contribution >= 0.6 is 0 Å². The van der Waals surface area contributed by atoms with Crippen molar-refractivity contribution in [1.82, 2.24) is 0 Å². The molecular formula is C19H28O3. The first-order valence-electron chi connectivity index (χ1n) is 8.96. The summed E-state index contributed by atoms with van der Waals surface area (Å²) in [6, 6.07) is 0. The fourth-order valence-electron chi connectivity index (χ4n) is 6.47. The molecule has 22 heavy (non-hydrogen) atoms. The molecule has 3 heteroatoms. The van der Waals surface area contributed by atoms with E-state index in [0.717, 1.165) is 44.9 Å². The van der Waals surface area contributed by atoms with Gasteiger partial charge in [0.15, 0.2) is 5.78 Å². The summed E-state index contributed by atoms with van der Waals surface area (Å²) in [4.78, 5) is 11.8. The fraction of sp³-hybridized carbons (Fsp3) is 0.842. The van der Waals surface area contributed by atoms with Crippen molar-refractivity contribution in [3.8, 4) is 0 Å². The summed E-state index contributed by atoms with van der Waals surface area (Å²) in [7, 11) is 0. The third kappa shape index (κ3) is 1.62. The van der Waals surface area contributed by atoms with Gasteiger partial charge in [-0.2, -0.15) is 0 Å². The second-order valence-corrected chi connectivity index (χ2v) is 8.74. The number of ketones is 1. The molecule has 0 saturated heterocycles. The van der Waals surface area contributed by atoms with Crippen LogP contribution in [0, 0.1) is 22.7 Å². The lowest BCUT2D eigenvalue weighted by atomic mass is 9.45. The van der Waals surface area contributed by atoms with E-state index >= 15 is 0 Å². The van der Waals surface area contributed by atoms with Crippen LogP contribution in [0.4, 0.5) is 0 Å². The number of hydrogen-bond donors (Lipinski definition) is 2. The zero-order chi connectivity index (χ0) is 15.8. The van der Waals surface area contributed by atoms with Gasteiger partial charge in [0, 0.05) is 11.8 Å². The van der Waals surface area contributed by atoms with Gasteiger partial charge in [0.05, 0.1) is 11.7 Å². The average Bonchev–Trinajstić information content (AvgIpc) is 2.77. The summed E-state index contributed by atoms with van der Waals surface area (Å²) >= 11 is 0. The summed E-state index contributed by atoms with van der Waals surface area (Å²) in [6.07, 6.45) is 8.48. The first kappa shape index (κ1) is 14.9. The van der Waals surface area contributed by atoms with Crippen molar-refractivity contribution in [2.24, 2.45) is 22.7 Å². The highest BCUT2D eigenvalue weighted by atomic mass is 16.3. The summed E-state index contributed by atoms with van der Waals surface area (Å²) in [5, 5.41) is 22.2. The number of fused-ring (bicyclic) bond motifs is 5. The van der Waals surface area contributed by atoms with Crippen LogP contribution in [0.5, 0.6) is 0 Å². The third-order valence-electron chi connectivity index (χ3n) is 8.10. The van der Waals surface area contributed by atoms with Crippen LogP contribution in [-0.2, 0) is 4.79 Å². The molecular weight excluding hydrogens is 276 g/mol. The van der Waals surface area contributed by atoms with E-state index in [1.165, 1.54) is 5.57 Å². The van der Waals surface area contributed by atoms with Crippen LogP contribution in [0.1, 0.15) is 65.2 Å². The Labute approximate surface area is 132 Å². The Balaban J connectivity index is 1.76. The Hall–Kier alpha value is -0.670. The topological polar surface area (TPSA) is 57.5 Å². The smallest absolute Gasteiger partial charge is 0.155 e. The van der Waals surface area contributed by atoms with E-state index in [1.807, 2.05) is 6.08 Å². The number of aliphatic hydroxyl groups is 2. The van der Waals surface area contributed by atoms with E-state index in [0.29, 0.717) is 12.3 Å². The maximum Gasteiger partial charge on any atom is 0.155 e. The molecule has 0 heterocycles. The third-order valence-corrected chi connectivity index (χ3v) is 8.10. The molecule has 122 valence electrons. The summed E-state index contributed by atoms with van der Waals surface area (Å²) in [5.41, 5.74) is 0.244. The Morgan fingerprint density at radius 1 is 1.05 bits per heavy atom. The lowest BCUT2D eigenvalue weighted by molar-refractivity contribution is -0.196. The number of hydrogen-bond acceptors (Lipinski definition) is 3. The van der Waals surface area contributed by atoms with Gasteiger partial charge in [-0.25, -0.2) is 0 Å². The van der Waals surface area contributed by atoms with Gasteiger partial charge in [-0.3, -0.25) is 4.79 Å². The monoisotopic (exact) mass is 304 g/mol. The molecule has 3 saturated carbocycles. The first-order chi connectivity index (χ1) is 10.3. The van der Waals surface area contributed by atoms with Crippen LogP contribution in [0.3, 0.4) is 0 Å². The Morgan fingerprint density at radius 3 is 2.59 bits per heavy atom. The molecule has 4 aliphatic rings. The quantitative estimate of drug-likeness (QED) is 0.723. The molecule has 0 aromatic carbocycles. The van der Waals surface area contributed by atoms with Crippen molar-refractivity contribution in [1.29, 1.82) is 0 Å². The average molecular weight is 304 g/mol.